The lowest BCUT2D eigenvalue weighted by atomic mass is 10.1. The topological polar surface area (TPSA) is 92.3 Å². The summed E-state index contributed by atoms with van der Waals surface area (Å²) in [6.45, 7) is 9.69. The van der Waals surface area contributed by atoms with E-state index in [-0.39, 0.29) is 0 Å². The van der Waals surface area contributed by atoms with Crippen molar-refractivity contribution in [2.24, 2.45) is 0 Å². The van der Waals surface area contributed by atoms with Crippen molar-refractivity contribution in [3.8, 4) is 17.2 Å². The van der Waals surface area contributed by atoms with Gasteiger partial charge in [-0.15, -0.1) is 0 Å². The number of benzene rings is 3. The molecule has 10 heteroatoms. The molecule has 0 spiro atoms. The summed E-state index contributed by atoms with van der Waals surface area (Å²) in [5.74, 6) is 2.67. The van der Waals surface area contributed by atoms with Gasteiger partial charge in [-0.05, 0) is 80.6 Å². The summed E-state index contributed by atoms with van der Waals surface area (Å²) in [7, 11) is 3.75. The van der Waals surface area contributed by atoms with Gasteiger partial charge in [0, 0.05) is 50.7 Å². The minimum atomic E-state index is -0.592. The Hall–Kier alpha value is -4.67. The molecule has 0 radical (unpaired) electrons. The second-order valence-electron chi connectivity index (χ2n) is 10.5. The number of aromatic nitrogens is 2. The average molecular weight is 583 g/mol. The Bertz CT molecular complexity index is 1480. The van der Waals surface area contributed by atoms with Crippen LogP contribution in [0.2, 0.25) is 0 Å². The number of likely N-dealkylation sites (N-methyl/N-ethyl adjacent to an activating group) is 1. The Balaban J connectivity index is 1.29. The lowest BCUT2D eigenvalue weighted by molar-refractivity contribution is 0.134. The third-order valence-corrected chi connectivity index (χ3v) is 7.36. The van der Waals surface area contributed by atoms with Crippen LogP contribution in [0.1, 0.15) is 11.1 Å². The molecule has 0 unspecified atom stereocenters. The summed E-state index contributed by atoms with van der Waals surface area (Å²) >= 11 is 0. The number of anilines is 4. The van der Waals surface area contributed by atoms with Gasteiger partial charge < -0.3 is 24.4 Å². The largest absolute Gasteiger partial charge is 0.497 e. The Labute approximate surface area is 252 Å². The highest BCUT2D eigenvalue weighted by Crippen LogP contribution is 2.30. The zero-order chi connectivity index (χ0) is 30.2. The minimum Gasteiger partial charge on any atom is -0.497 e. The molecular formula is C33H38N6O4. The van der Waals surface area contributed by atoms with Crippen LogP contribution in [0.4, 0.5) is 27.9 Å². The average Bonchev–Trinajstić information content (AvgIpc) is 3.02. The second-order valence-corrected chi connectivity index (χ2v) is 10.5. The van der Waals surface area contributed by atoms with E-state index in [1.54, 1.807) is 43.6 Å². The quantitative estimate of drug-likeness (QED) is 0.249. The maximum absolute atomic E-state index is 13.7. The Morgan fingerprint density at radius 2 is 1.58 bits per heavy atom. The van der Waals surface area contributed by atoms with E-state index in [2.05, 4.69) is 32.1 Å². The van der Waals surface area contributed by atoms with Gasteiger partial charge in [-0.3, -0.25) is 4.90 Å². The number of nitrogens with one attached hydrogen (secondary N) is 1. The molecule has 0 aliphatic carbocycles. The third kappa shape index (κ3) is 7.79. The first-order valence-electron chi connectivity index (χ1n) is 14.4. The first-order valence-corrected chi connectivity index (χ1v) is 14.4. The summed E-state index contributed by atoms with van der Waals surface area (Å²) < 4.78 is 17.2. The monoisotopic (exact) mass is 582 g/mol. The molecule has 43 heavy (non-hydrogen) atoms. The van der Waals surface area contributed by atoms with Crippen molar-refractivity contribution in [2.45, 2.75) is 13.8 Å². The zero-order valence-corrected chi connectivity index (χ0v) is 25.1. The first kappa shape index (κ1) is 29.8. The number of aryl methyl sites for hydroxylation is 2. The number of carbonyl (C=O) groups is 1. The van der Waals surface area contributed by atoms with Crippen LogP contribution < -0.4 is 24.4 Å². The van der Waals surface area contributed by atoms with Crippen molar-refractivity contribution in [3.05, 3.63) is 90.1 Å². The summed E-state index contributed by atoms with van der Waals surface area (Å²) in [6, 6.07) is 22.2. The molecule has 4 aromatic rings. The number of rotatable bonds is 10. The maximum Gasteiger partial charge on any atom is 0.425 e. The molecule has 1 fully saturated rings. The lowest BCUT2D eigenvalue weighted by Crippen LogP contribution is -2.45. The van der Waals surface area contributed by atoms with Crippen LogP contribution in [0.15, 0.2) is 79.0 Å². The second kappa shape index (κ2) is 14.0. The highest BCUT2D eigenvalue weighted by molar-refractivity contribution is 5.96. The molecule has 1 saturated heterocycles. The molecule has 224 valence electrons. The molecule has 3 aromatic carbocycles. The molecule has 5 rings (SSSR count). The van der Waals surface area contributed by atoms with Crippen LogP contribution in [0.5, 0.6) is 17.2 Å². The van der Waals surface area contributed by atoms with E-state index >= 15 is 0 Å². The van der Waals surface area contributed by atoms with E-state index in [0.717, 1.165) is 55.3 Å². The molecule has 2 heterocycles. The molecule has 0 bridgehead atoms. The van der Waals surface area contributed by atoms with E-state index in [0.29, 0.717) is 35.6 Å². The minimum absolute atomic E-state index is 0.333. The Morgan fingerprint density at radius 3 is 2.26 bits per heavy atom. The Kier molecular flexibility index (Phi) is 9.70. The van der Waals surface area contributed by atoms with Crippen LogP contribution in [0.25, 0.3) is 0 Å². The predicted octanol–water partition coefficient (Wildman–Crippen LogP) is 5.81. The van der Waals surface area contributed by atoms with Gasteiger partial charge in [0.15, 0.2) is 0 Å². The molecule has 1 aliphatic rings. The third-order valence-electron chi connectivity index (χ3n) is 7.36. The van der Waals surface area contributed by atoms with E-state index in [1.165, 1.54) is 4.90 Å². The van der Waals surface area contributed by atoms with Gasteiger partial charge in [-0.25, -0.2) is 14.7 Å². The Morgan fingerprint density at radius 1 is 0.907 bits per heavy atom. The molecular weight excluding hydrogens is 544 g/mol. The maximum atomic E-state index is 13.7. The van der Waals surface area contributed by atoms with Crippen LogP contribution in [-0.4, -0.2) is 79.3 Å². The number of hydrogen-bond acceptors (Lipinski definition) is 9. The zero-order valence-electron chi connectivity index (χ0n) is 25.1. The normalized spacial score (nSPS) is 13.8. The fourth-order valence-corrected chi connectivity index (χ4v) is 4.82. The number of para-hydroxylation sites is 1. The number of carbonyl (C=O) groups excluding carboxylic acids is 1. The van der Waals surface area contributed by atoms with Gasteiger partial charge >= 0.3 is 6.09 Å². The molecule has 0 saturated carbocycles. The van der Waals surface area contributed by atoms with Gasteiger partial charge in [-0.2, -0.15) is 4.98 Å². The molecule has 1 aliphatic heterocycles. The van der Waals surface area contributed by atoms with Crippen molar-refractivity contribution in [1.82, 2.24) is 19.8 Å². The van der Waals surface area contributed by atoms with Crippen LogP contribution in [0, 0.1) is 13.8 Å². The summed E-state index contributed by atoms with van der Waals surface area (Å²) in [5.41, 5.74) is 3.08. The highest BCUT2D eigenvalue weighted by atomic mass is 16.6. The van der Waals surface area contributed by atoms with E-state index in [1.807, 2.05) is 56.3 Å². The van der Waals surface area contributed by atoms with E-state index < -0.39 is 6.09 Å². The molecule has 10 nitrogen and oxygen atoms in total. The standard InChI is InChI=1S/C33H38N6O4/c1-24-6-5-7-25(2)31(24)43-33(40)39(27-10-14-28(41-4)15-11-27)30-16-17-34-32(36-30)35-26-8-12-29(13-9-26)42-23-22-38-20-18-37(3)19-21-38/h5-17H,18-23H2,1-4H3,(H,34,35,36). The van der Waals surface area contributed by atoms with Gasteiger partial charge in [0.2, 0.25) is 5.95 Å². The summed E-state index contributed by atoms with van der Waals surface area (Å²) in [4.78, 5) is 28.9. The predicted molar refractivity (Wildman–Crippen MR) is 168 cm³/mol. The lowest BCUT2D eigenvalue weighted by Gasteiger charge is -2.32. The number of hydrogen-bond donors (Lipinski definition) is 1. The van der Waals surface area contributed by atoms with E-state index in [9.17, 15) is 4.79 Å². The fraction of sp³-hybridized carbons (Fsp3) is 0.303. The number of nitrogens with zero attached hydrogens (tertiary/aromatic N) is 5. The fourth-order valence-electron chi connectivity index (χ4n) is 4.82. The van der Waals surface area contributed by atoms with Crippen LogP contribution in [-0.2, 0) is 0 Å². The smallest absolute Gasteiger partial charge is 0.425 e. The van der Waals surface area contributed by atoms with Crippen molar-refractivity contribution in [3.63, 3.8) is 0 Å². The van der Waals surface area contributed by atoms with Gasteiger partial charge in [-0.1, -0.05) is 18.2 Å². The van der Waals surface area contributed by atoms with Crippen molar-refractivity contribution in [2.75, 3.05) is 63.7 Å². The summed E-state index contributed by atoms with van der Waals surface area (Å²) in [5, 5.41) is 3.23. The molecule has 1 amide bonds. The number of methoxy groups -OCH3 is 1. The van der Waals surface area contributed by atoms with Crippen LogP contribution >= 0.6 is 0 Å². The number of amides is 1. The van der Waals surface area contributed by atoms with Crippen molar-refractivity contribution in [1.29, 1.82) is 0 Å². The number of piperazine rings is 1. The first-order chi connectivity index (χ1) is 20.9. The van der Waals surface area contributed by atoms with Crippen molar-refractivity contribution < 1.29 is 19.0 Å². The molecule has 1 N–H and O–H groups in total. The summed E-state index contributed by atoms with van der Waals surface area (Å²) in [6.07, 6.45) is 1.01. The van der Waals surface area contributed by atoms with Gasteiger partial charge in [0.1, 0.15) is 29.7 Å². The number of ether oxygens (including phenoxy) is 3. The molecule has 0 atom stereocenters. The van der Waals surface area contributed by atoms with Gasteiger partial charge in [0.25, 0.3) is 0 Å². The highest BCUT2D eigenvalue weighted by Gasteiger charge is 2.24. The SMILES string of the molecule is COc1ccc(N(C(=O)Oc2c(C)cccc2C)c2ccnc(Nc3ccc(OCCN4CCN(C)CC4)cc3)n2)cc1. The van der Waals surface area contributed by atoms with Crippen LogP contribution in [0.3, 0.4) is 0 Å². The molecule has 1 aromatic heterocycles. The van der Waals surface area contributed by atoms with E-state index in [4.69, 9.17) is 14.2 Å². The van der Waals surface area contributed by atoms with Crippen molar-refractivity contribution >= 4 is 29.2 Å². The van der Waals surface area contributed by atoms with Gasteiger partial charge in [0.05, 0.1) is 12.8 Å².